The second-order valence-electron chi connectivity index (χ2n) is 3.02. The highest BCUT2D eigenvalue weighted by atomic mass is 79.9. The molecule has 7 heteroatoms. The molecule has 0 saturated carbocycles. The summed E-state index contributed by atoms with van der Waals surface area (Å²) in [4.78, 5) is 0. The molecule has 0 saturated heterocycles. The zero-order chi connectivity index (χ0) is 11.5. The molecule has 6 nitrogen and oxygen atoms in total. The maximum absolute atomic E-state index is 5.54. The normalized spacial score (nSPS) is 14.4. The maximum atomic E-state index is 5.54. The fraction of sp³-hybridized carbons (Fsp3) is 0. The first kappa shape index (κ1) is 10.6. The zero-order valence-electron chi connectivity index (χ0n) is 8.18. The molecule has 0 aromatic heterocycles. The van der Waals surface area contributed by atoms with Crippen LogP contribution in [0.5, 0.6) is 0 Å². The lowest BCUT2D eigenvalue weighted by Crippen LogP contribution is -2.32. The molecule has 0 radical (unpaired) electrons. The fourth-order valence-corrected chi connectivity index (χ4v) is 1.49. The topological polar surface area (TPSA) is 101 Å². The van der Waals surface area contributed by atoms with Gasteiger partial charge in [0.15, 0.2) is 17.4 Å². The van der Waals surface area contributed by atoms with Crippen molar-refractivity contribution in [3.8, 4) is 0 Å². The molecule has 1 aromatic rings. The van der Waals surface area contributed by atoms with Gasteiger partial charge in [-0.3, -0.25) is 5.43 Å². The molecule has 0 aliphatic carbocycles. The number of anilines is 1. The lowest BCUT2D eigenvalue weighted by atomic mass is 10.3. The van der Waals surface area contributed by atoms with Crippen molar-refractivity contribution in [2.75, 3.05) is 5.43 Å². The molecule has 1 aliphatic rings. The highest BCUT2D eigenvalue weighted by Crippen LogP contribution is 2.21. The molecule has 0 amide bonds. The molecule has 0 bridgehead atoms. The Labute approximate surface area is 100 Å². The van der Waals surface area contributed by atoms with E-state index < -0.39 is 0 Å². The maximum Gasteiger partial charge on any atom is 0.177 e. The second kappa shape index (κ2) is 4.31. The summed E-state index contributed by atoms with van der Waals surface area (Å²) >= 11 is 3.38. The predicted molar refractivity (Wildman–Crippen MR) is 68.4 cm³/mol. The average Bonchev–Trinajstić information content (AvgIpc) is 2.58. The monoisotopic (exact) mass is 280 g/mol. The summed E-state index contributed by atoms with van der Waals surface area (Å²) in [5.74, 6) is 0.411. The number of halogens is 1. The number of nitrogens with two attached hydrogens (primary N) is 2. The van der Waals surface area contributed by atoms with Crippen LogP contribution in [-0.4, -0.2) is 17.4 Å². The van der Waals surface area contributed by atoms with Gasteiger partial charge in [-0.2, -0.15) is 5.10 Å². The van der Waals surface area contributed by atoms with Gasteiger partial charge in [-0.25, -0.2) is 0 Å². The van der Waals surface area contributed by atoms with Crippen LogP contribution in [0.3, 0.4) is 0 Å². The third kappa shape index (κ3) is 2.03. The van der Waals surface area contributed by atoms with E-state index in [4.69, 9.17) is 11.5 Å². The largest absolute Gasteiger partial charge is 0.380 e. The van der Waals surface area contributed by atoms with Crippen LogP contribution in [0.1, 0.15) is 0 Å². The van der Waals surface area contributed by atoms with Gasteiger partial charge >= 0.3 is 0 Å². The zero-order valence-corrected chi connectivity index (χ0v) is 9.77. The number of benzene rings is 1. The van der Waals surface area contributed by atoms with Crippen molar-refractivity contribution in [2.24, 2.45) is 26.8 Å². The van der Waals surface area contributed by atoms with Crippen molar-refractivity contribution < 1.29 is 0 Å². The van der Waals surface area contributed by atoms with E-state index in [0.717, 1.165) is 10.2 Å². The van der Waals surface area contributed by atoms with Crippen LogP contribution >= 0.6 is 15.9 Å². The van der Waals surface area contributed by atoms with Crippen LogP contribution in [0.2, 0.25) is 0 Å². The summed E-state index contributed by atoms with van der Waals surface area (Å²) in [5, 5.41) is 11.3. The van der Waals surface area contributed by atoms with Gasteiger partial charge in [0.2, 0.25) is 0 Å². The van der Waals surface area contributed by atoms with Crippen LogP contribution in [0.15, 0.2) is 44.0 Å². The van der Waals surface area contributed by atoms with Crippen molar-refractivity contribution in [1.82, 2.24) is 0 Å². The van der Waals surface area contributed by atoms with Crippen molar-refractivity contribution >= 4 is 39.0 Å². The number of hydrogen-bond acceptors (Lipinski definition) is 6. The lowest BCUT2D eigenvalue weighted by molar-refractivity contribution is 1.25. The Morgan fingerprint density at radius 2 is 1.75 bits per heavy atom. The number of nitrogens with zero attached hydrogens (tertiary/aromatic N) is 3. The average molecular weight is 281 g/mol. The molecule has 1 heterocycles. The first-order valence-corrected chi connectivity index (χ1v) is 5.23. The molecule has 5 N–H and O–H groups in total. The Balaban J connectivity index is 2.19. The van der Waals surface area contributed by atoms with Gasteiger partial charge in [-0.05, 0) is 28.1 Å². The predicted octanol–water partition coefficient (Wildman–Crippen LogP) is 0.860. The number of hydrogen-bond donors (Lipinski definition) is 3. The highest BCUT2D eigenvalue weighted by Gasteiger charge is 2.16. The molecule has 1 aromatic carbocycles. The van der Waals surface area contributed by atoms with Crippen LogP contribution in [0.4, 0.5) is 5.69 Å². The molecule has 1 aliphatic heterocycles. The molecular formula is C9H9BrN6. The van der Waals surface area contributed by atoms with Crippen molar-refractivity contribution in [3.63, 3.8) is 0 Å². The molecule has 0 spiro atoms. The number of hydrazone groups is 1. The summed E-state index contributed by atoms with van der Waals surface area (Å²) in [5.41, 5.74) is 15.1. The van der Waals surface area contributed by atoms with Gasteiger partial charge in [-0.15, -0.1) is 10.2 Å². The van der Waals surface area contributed by atoms with Gasteiger partial charge in [0, 0.05) is 4.47 Å². The van der Waals surface area contributed by atoms with Gasteiger partial charge in [0.25, 0.3) is 0 Å². The molecular weight excluding hydrogens is 272 g/mol. The van der Waals surface area contributed by atoms with E-state index in [1.807, 2.05) is 24.3 Å². The number of amidine groups is 2. The van der Waals surface area contributed by atoms with E-state index >= 15 is 0 Å². The Bertz CT molecular complexity index is 484. The quantitative estimate of drug-likeness (QED) is 0.701. The van der Waals surface area contributed by atoms with Crippen molar-refractivity contribution in [3.05, 3.63) is 28.7 Å². The van der Waals surface area contributed by atoms with Crippen molar-refractivity contribution in [1.29, 1.82) is 0 Å². The van der Waals surface area contributed by atoms with Crippen LogP contribution in [0, 0.1) is 0 Å². The number of rotatable bonds is 2. The summed E-state index contributed by atoms with van der Waals surface area (Å²) in [6.07, 6.45) is 0. The molecule has 82 valence electrons. The Morgan fingerprint density at radius 3 is 2.38 bits per heavy atom. The van der Waals surface area contributed by atoms with E-state index in [0.29, 0.717) is 5.71 Å². The van der Waals surface area contributed by atoms with Crippen molar-refractivity contribution in [2.45, 2.75) is 0 Å². The summed E-state index contributed by atoms with van der Waals surface area (Å²) < 4.78 is 0.892. The van der Waals surface area contributed by atoms with E-state index in [2.05, 4.69) is 36.7 Å². The van der Waals surface area contributed by atoms with E-state index in [-0.39, 0.29) is 11.7 Å². The molecule has 0 unspecified atom stereocenters. The van der Waals surface area contributed by atoms with Crippen LogP contribution in [-0.2, 0) is 0 Å². The molecule has 0 atom stereocenters. The standard InChI is InChI=1S/C9H9BrN6/c10-5-3-1-2-4-6(5)13-14-7-8(11)15-16-9(7)12/h1-4,13H,(H4,11,12,14,15,16). The minimum absolute atomic E-state index is 0.206. The Kier molecular flexibility index (Phi) is 2.86. The summed E-state index contributed by atoms with van der Waals surface area (Å²) in [7, 11) is 0. The second-order valence-corrected chi connectivity index (χ2v) is 3.88. The SMILES string of the molecule is NC1=NN=C(N)C1=NNc1ccccc1Br. The smallest absolute Gasteiger partial charge is 0.177 e. The first-order valence-electron chi connectivity index (χ1n) is 4.44. The molecule has 0 fully saturated rings. The van der Waals surface area contributed by atoms with Gasteiger partial charge in [0.1, 0.15) is 0 Å². The minimum atomic E-state index is 0.206. The number of nitrogens with one attached hydrogen (secondary N) is 1. The number of para-hydroxylation sites is 1. The fourth-order valence-electron chi connectivity index (χ4n) is 1.12. The first-order chi connectivity index (χ1) is 7.68. The van der Waals surface area contributed by atoms with Crippen LogP contribution in [0.25, 0.3) is 0 Å². The summed E-state index contributed by atoms with van der Waals surface area (Å²) in [6, 6.07) is 7.55. The molecule has 16 heavy (non-hydrogen) atoms. The summed E-state index contributed by atoms with van der Waals surface area (Å²) in [6.45, 7) is 0. The van der Waals surface area contributed by atoms with E-state index in [9.17, 15) is 0 Å². The van der Waals surface area contributed by atoms with Gasteiger partial charge in [-0.1, -0.05) is 12.1 Å². The minimum Gasteiger partial charge on any atom is -0.380 e. The van der Waals surface area contributed by atoms with E-state index in [1.165, 1.54) is 0 Å². The Morgan fingerprint density at radius 1 is 1.12 bits per heavy atom. The van der Waals surface area contributed by atoms with E-state index in [1.54, 1.807) is 0 Å². The lowest BCUT2D eigenvalue weighted by Gasteiger charge is -2.03. The highest BCUT2D eigenvalue weighted by molar-refractivity contribution is 9.10. The van der Waals surface area contributed by atoms with Crippen LogP contribution < -0.4 is 16.9 Å². The van der Waals surface area contributed by atoms with Gasteiger partial charge < -0.3 is 11.5 Å². The Hall–Kier alpha value is -1.89. The van der Waals surface area contributed by atoms with Gasteiger partial charge in [0.05, 0.1) is 5.69 Å². The molecule has 2 rings (SSSR count). The third-order valence-corrected chi connectivity index (χ3v) is 2.60. The third-order valence-electron chi connectivity index (χ3n) is 1.91.